The fraction of sp³-hybridized carbons (Fsp3) is 1.00. The predicted molar refractivity (Wildman–Crippen MR) is 43.0 cm³/mol. The second kappa shape index (κ2) is 4.12. The summed E-state index contributed by atoms with van der Waals surface area (Å²) in [6.07, 6.45) is -4.09. The van der Waals surface area contributed by atoms with Gasteiger partial charge in [0.25, 0.3) is 0 Å². The van der Waals surface area contributed by atoms with Gasteiger partial charge in [-0.15, -0.1) is 0 Å². The van der Waals surface area contributed by atoms with E-state index in [-0.39, 0.29) is 12.0 Å². The SMILES string of the molecule is CC(C)C(C)N(C)CC(F)(F)F. The zero-order valence-corrected chi connectivity index (χ0v) is 7.94. The number of hydrogen-bond donors (Lipinski definition) is 0. The maximum atomic E-state index is 11.9. The summed E-state index contributed by atoms with van der Waals surface area (Å²) in [6, 6.07) is -0.0355. The number of rotatable bonds is 3. The van der Waals surface area contributed by atoms with Crippen molar-refractivity contribution in [3.05, 3.63) is 0 Å². The van der Waals surface area contributed by atoms with Crippen molar-refractivity contribution in [1.29, 1.82) is 0 Å². The summed E-state index contributed by atoms with van der Waals surface area (Å²) >= 11 is 0. The van der Waals surface area contributed by atoms with Gasteiger partial charge in [0.2, 0.25) is 0 Å². The van der Waals surface area contributed by atoms with Crippen LogP contribution in [0.3, 0.4) is 0 Å². The molecule has 1 unspecified atom stereocenters. The summed E-state index contributed by atoms with van der Waals surface area (Å²) in [4.78, 5) is 1.32. The summed E-state index contributed by atoms with van der Waals surface area (Å²) < 4.78 is 35.7. The van der Waals surface area contributed by atoms with Crippen LogP contribution >= 0.6 is 0 Å². The van der Waals surface area contributed by atoms with Crippen molar-refractivity contribution in [2.75, 3.05) is 13.6 Å². The zero-order chi connectivity index (χ0) is 9.94. The molecule has 0 heterocycles. The van der Waals surface area contributed by atoms with Gasteiger partial charge in [0, 0.05) is 6.04 Å². The van der Waals surface area contributed by atoms with E-state index in [1.807, 2.05) is 13.8 Å². The molecular formula is C8H16F3N. The average Bonchev–Trinajstić information content (AvgIpc) is 1.82. The normalized spacial score (nSPS) is 15.8. The number of halogens is 3. The molecule has 0 aromatic carbocycles. The van der Waals surface area contributed by atoms with Crippen LogP contribution in [0.5, 0.6) is 0 Å². The van der Waals surface area contributed by atoms with Gasteiger partial charge in [0.15, 0.2) is 0 Å². The smallest absolute Gasteiger partial charge is 0.295 e. The largest absolute Gasteiger partial charge is 0.401 e. The lowest BCUT2D eigenvalue weighted by molar-refractivity contribution is -0.148. The summed E-state index contributed by atoms with van der Waals surface area (Å²) in [5, 5.41) is 0. The molecule has 0 saturated carbocycles. The standard InChI is InChI=1S/C8H16F3N/c1-6(2)7(3)12(4)5-8(9,10)11/h6-7H,5H2,1-4H3. The molecule has 0 amide bonds. The summed E-state index contributed by atoms with van der Waals surface area (Å²) in [6.45, 7) is 4.80. The molecule has 0 saturated heterocycles. The Morgan fingerprint density at radius 3 is 1.83 bits per heavy atom. The Hall–Kier alpha value is -0.250. The van der Waals surface area contributed by atoms with E-state index in [9.17, 15) is 13.2 Å². The zero-order valence-electron chi connectivity index (χ0n) is 7.94. The third-order valence-electron chi connectivity index (χ3n) is 2.09. The van der Waals surface area contributed by atoms with Crippen LogP contribution in [0.1, 0.15) is 20.8 Å². The Bertz CT molecular complexity index is 131. The van der Waals surface area contributed by atoms with Crippen LogP contribution in [-0.2, 0) is 0 Å². The first-order valence-corrected chi connectivity index (χ1v) is 4.01. The molecule has 0 aliphatic heterocycles. The topological polar surface area (TPSA) is 3.24 Å². The van der Waals surface area contributed by atoms with Crippen LogP contribution in [0.15, 0.2) is 0 Å². The molecule has 0 N–H and O–H groups in total. The molecule has 12 heavy (non-hydrogen) atoms. The van der Waals surface area contributed by atoms with Crippen molar-refractivity contribution in [2.45, 2.75) is 33.0 Å². The van der Waals surface area contributed by atoms with Crippen molar-refractivity contribution in [3.8, 4) is 0 Å². The van der Waals surface area contributed by atoms with Crippen LogP contribution in [0, 0.1) is 5.92 Å². The predicted octanol–water partition coefficient (Wildman–Crippen LogP) is 2.53. The van der Waals surface area contributed by atoms with Gasteiger partial charge in [-0.25, -0.2) is 0 Å². The van der Waals surface area contributed by atoms with Crippen LogP contribution in [0.4, 0.5) is 13.2 Å². The van der Waals surface area contributed by atoms with Crippen molar-refractivity contribution >= 4 is 0 Å². The van der Waals surface area contributed by atoms with E-state index in [1.54, 1.807) is 6.92 Å². The number of nitrogens with zero attached hydrogens (tertiary/aromatic N) is 1. The van der Waals surface area contributed by atoms with E-state index in [0.29, 0.717) is 0 Å². The Kier molecular flexibility index (Phi) is 4.03. The molecule has 0 aliphatic carbocycles. The second-order valence-electron chi connectivity index (χ2n) is 3.51. The highest BCUT2D eigenvalue weighted by atomic mass is 19.4. The maximum Gasteiger partial charge on any atom is 0.401 e. The fourth-order valence-corrected chi connectivity index (χ4v) is 0.936. The molecule has 0 radical (unpaired) electrons. The molecule has 1 nitrogen and oxygen atoms in total. The number of alkyl halides is 3. The Morgan fingerprint density at radius 1 is 1.17 bits per heavy atom. The van der Waals surface area contributed by atoms with E-state index in [4.69, 9.17) is 0 Å². The van der Waals surface area contributed by atoms with Gasteiger partial charge >= 0.3 is 6.18 Å². The first-order chi connectivity index (χ1) is 5.24. The van der Waals surface area contributed by atoms with Gasteiger partial charge in [-0.1, -0.05) is 13.8 Å². The minimum atomic E-state index is -4.09. The summed E-state index contributed by atoms with van der Waals surface area (Å²) in [5.74, 6) is 0.248. The molecule has 1 atom stereocenters. The van der Waals surface area contributed by atoms with E-state index in [2.05, 4.69) is 0 Å². The number of hydrogen-bond acceptors (Lipinski definition) is 1. The highest BCUT2D eigenvalue weighted by Gasteiger charge is 2.31. The van der Waals surface area contributed by atoms with Gasteiger partial charge < -0.3 is 0 Å². The molecule has 0 bridgehead atoms. The lowest BCUT2D eigenvalue weighted by Crippen LogP contribution is -2.39. The summed E-state index contributed by atoms with van der Waals surface area (Å²) in [7, 11) is 1.50. The minimum absolute atomic E-state index is 0.0355. The Morgan fingerprint density at radius 2 is 1.58 bits per heavy atom. The van der Waals surface area contributed by atoms with Gasteiger partial charge in [-0.2, -0.15) is 13.2 Å². The third-order valence-corrected chi connectivity index (χ3v) is 2.09. The third kappa shape index (κ3) is 4.59. The maximum absolute atomic E-state index is 11.9. The van der Waals surface area contributed by atoms with Crippen molar-refractivity contribution in [2.24, 2.45) is 5.92 Å². The second-order valence-corrected chi connectivity index (χ2v) is 3.51. The van der Waals surface area contributed by atoms with E-state index in [0.717, 1.165) is 0 Å². The highest BCUT2D eigenvalue weighted by Crippen LogP contribution is 2.18. The lowest BCUT2D eigenvalue weighted by Gasteiger charge is -2.28. The van der Waals surface area contributed by atoms with E-state index in [1.165, 1.54) is 11.9 Å². The molecule has 0 aromatic heterocycles. The van der Waals surface area contributed by atoms with Crippen LogP contribution in [0.25, 0.3) is 0 Å². The summed E-state index contributed by atoms with van der Waals surface area (Å²) in [5.41, 5.74) is 0. The van der Waals surface area contributed by atoms with Crippen molar-refractivity contribution in [3.63, 3.8) is 0 Å². The van der Waals surface area contributed by atoms with Crippen LogP contribution in [0.2, 0.25) is 0 Å². The average molecular weight is 183 g/mol. The van der Waals surface area contributed by atoms with E-state index >= 15 is 0 Å². The Labute approximate surface area is 71.6 Å². The first-order valence-electron chi connectivity index (χ1n) is 4.01. The minimum Gasteiger partial charge on any atom is -0.295 e. The molecule has 0 spiro atoms. The van der Waals surface area contributed by atoms with Crippen molar-refractivity contribution < 1.29 is 13.2 Å². The lowest BCUT2D eigenvalue weighted by atomic mass is 10.1. The Balaban J connectivity index is 3.95. The first kappa shape index (κ1) is 11.8. The molecular weight excluding hydrogens is 167 g/mol. The van der Waals surface area contributed by atoms with Crippen LogP contribution < -0.4 is 0 Å². The molecule has 0 aromatic rings. The fourth-order valence-electron chi connectivity index (χ4n) is 0.936. The molecule has 0 rings (SSSR count). The van der Waals surface area contributed by atoms with Gasteiger partial charge in [-0.05, 0) is 19.9 Å². The van der Waals surface area contributed by atoms with Crippen LogP contribution in [-0.4, -0.2) is 30.7 Å². The van der Waals surface area contributed by atoms with E-state index < -0.39 is 12.7 Å². The molecule has 0 aliphatic rings. The van der Waals surface area contributed by atoms with Gasteiger partial charge in [0.05, 0.1) is 6.54 Å². The molecule has 0 fully saturated rings. The highest BCUT2D eigenvalue weighted by molar-refractivity contribution is 4.69. The van der Waals surface area contributed by atoms with Gasteiger partial charge in [0.1, 0.15) is 0 Å². The molecule has 4 heteroatoms. The monoisotopic (exact) mass is 183 g/mol. The molecule has 74 valence electrons. The van der Waals surface area contributed by atoms with Gasteiger partial charge in [-0.3, -0.25) is 4.90 Å². The van der Waals surface area contributed by atoms with Crippen molar-refractivity contribution in [1.82, 2.24) is 4.90 Å². The quantitative estimate of drug-likeness (QED) is 0.649.